The number of carbonyl (C=O) groups is 1. The summed E-state index contributed by atoms with van der Waals surface area (Å²) in [4.78, 5) is 19.0. The second-order valence-electron chi connectivity index (χ2n) is 5.75. The lowest BCUT2D eigenvalue weighted by Crippen LogP contribution is -2.35. The van der Waals surface area contributed by atoms with Gasteiger partial charge in [-0.3, -0.25) is 14.0 Å². The average Bonchev–Trinajstić information content (AvgIpc) is 3.07. The molecule has 9 nitrogen and oxygen atoms in total. The number of rotatable bonds is 7. The van der Waals surface area contributed by atoms with E-state index in [0.29, 0.717) is 29.3 Å². The van der Waals surface area contributed by atoms with Gasteiger partial charge in [-0.2, -0.15) is 8.42 Å². The minimum absolute atomic E-state index is 0.0120. The molecule has 10 heteroatoms. The normalized spacial score (nSPS) is 19.1. The van der Waals surface area contributed by atoms with E-state index in [9.17, 15) is 13.2 Å². The van der Waals surface area contributed by atoms with Crippen LogP contribution in [-0.4, -0.2) is 65.5 Å². The van der Waals surface area contributed by atoms with Crippen LogP contribution in [0.2, 0.25) is 0 Å². The van der Waals surface area contributed by atoms with Crippen LogP contribution in [0.5, 0.6) is 11.5 Å². The summed E-state index contributed by atoms with van der Waals surface area (Å²) in [6.45, 7) is 0.430. The van der Waals surface area contributed by atoms with Gasteiger partial charge >= 0.3 is 10.4 Å². The Morgan fingerprint density at radius 1 is 1.23 bits per heavy atom. The molecule has 2 aliphatic rings. The van der Waals surface area contributed by atoms with Crippen molar-refractivity contribution in [2.24, 2.45) is 4.99 Å². The SMILES string of the molecule is COc1cc2c(cc1OCCOS(=O)(=O)OC)N=C[C@@H]1CCCN1C2=O. The highest BCUT2D eigenvalue weighted by Gasteiger charge is 2.32. The Bertz CT molecular complexity index is 822. The van der Waals surface area contributed by atoms with Gasteiger partial charge in [0, 0.05) is 18.8 Å². The fraction of sp³-hybridized carbons (Fsp3) is 0.500. The molecule has 1 fully saturated rings. The number of carbonyl (C=O) groups excluding carboxylic acids is 1. The van der Waals surface area contributed by atoms with Gasteiger partial charge in [-0.05, 0) is 18.9 Å². The summed E-state index contributed by atoms with van der Waals surface area (Å²) in [5.74, 6) is 0.621. The summed E-state index contributed by atoms with van der Waals surface area (Å²) < 4.78 is 41.8. The molecule has 1 saturated heterocycles. The molecule has 1 aromatic rings. The number of hydrogen-bond acceptors (Lipinski definition) is 8. The zero-order valence-electron chi connectivity index (χ0n) is 14.5. The molecule has 3 rings (SSSR count). The zero-order valence-corrected chi connectivity index (χ0v) is 15.3. The highest BCUT2D eigenvalue weighted by Crippen LogP contribution is 2.37. The smallest absolute Gasteiger partial charge is 0.399 e. The van der Waals surface area contributed by atoms with Crippen LogP contribution in [0.25, 0.3) is 0 Å². The minimum Gasteiger partial charge on any atom is -0.493 e. The lowest BCUT2D eigenvalue weighted by Gasteiger charge is -2.20. The summed E-state index contributed by atoms with van der Waals surface area (Å²) >= 11 is 0. The first-order chi connectivity index (χ1) is 12.4. The Balaban J connectivity index is 1.78. The van der Waals surface area contributed by atoms with Gasteiger partial charge in [-0.1, -0.05) is 0 Å². The Kier molecular flexibility index (Phi) is 5.44. The number of fused-ring (bicyclic) bond motifs is 2. The molecule has 0 aliphatic carbocycles. The van der Waals surface area contributed by atoms with E-state index in [1.165, 1.54) is 7.11 Å². The molecule has 2 heterocycles. The Morgan fingerprint density at radius 3 is 2.77 bits per heavy atom. The van der Waals surface area contributed by atoms with Crippen LogP contribution in [-0.2, 0) is 18.8 Å². The van der Waals surface area contributed by atoms with Gasteiger partial charge in [-0.25, -0.2) is 4.18 Å². The first-order valence-electron chi connectivity index (χ1n) is 8.10. The molecular weight excluding hydrogens is 364 g/mol. The molecular formula is C16H20N2O7S. The van der Waals surface area contributed by atoms with E-state index < -0.39 is 10.4 Å². The molecule has 2 aliphatic heterocycles. The van der Waals surface area contributed by atoms with E-state index in [1.807, 2.05) is 0 Å². The first-order valence-corrected chi connectivity index (χ1v) is 9.43. The van der Waals surface area contributed by atoms with Crippen molar-refractivity contribution in [3.05, 3.63) is 17.7 Å². The Hall–Kier alpha value is -2.17. The van der Waals surface area contributed by atoms with Gasteiger partial charge in [0.1, 0.15) is 13.2 Å². The van der Waals surface area contributed by atoms with Crippen LogP contribution >= 0.6 is 0 Å². The number of aliphatic imine (C=N–C) groups is 1. The molecule has 1 aromatic carbocycles. The Labute approximate surface area is 151 Å². The third-order valence-electron chi connectivity index (χ3n) is 4.23. The molecule has 0 radical (unpaired) electrons. The number of ether oxygens (including phenoxy) is 2. The van der Waals surface area contributed by atoms with Crippen LogP contribution in [0.15, 0.2) is 17.1 Å². The number of methoxy groups -OCH3 is 1. The lowest BCUT2D eigenvalue weighted by molar-refractivity contribution is 0.0774. The average molecular weight is 384 g/mol. The quantitative estimate of drug-likeness (QED) is 0.653. The van der Waals surface area contributed by atoms with Crippen LogP contribution in [0.1, 0.15) is 23.2 Å². The standard InChI is InChI=1S/C16H20N2O7S/c1-22-14-8-12-13(17-10-11-4-3-5-18(11)16(12)19)9-15(14)24-6-7-25-26(20,21)23-2/h8-11H,3-7H2,1-2H3/t11-/m0/s1. The lowest BCUT2D eigenvalue weighted by atomic mass is 10.1. The minimum atomic E-state index is -4.01. The molecule has 142 valence electrons. The molecule has 0 aromatic heterocycles. The summed E-state index contributed by atoms with van der Waals surface area (Å²) in [5, 5.41) is 0. The highest BCUT2D eigenvalue weighted by molar-refractivity contribution is 7.81. The van der Waals surface area contributed by atoms with E-state index >= 15 is 0 Å². The van der Waals surface area contributed by atoms with Crippen molar-refractivity contribution in [2.45, 2.75) is 18.9 Å². The first kappa shape index (κ1) is 18.6. The topological polar surface area (TPSA) is 104 Å². The third-order valence-corrected chi connectivity index (χ3v) is 5.09. The molecule has 0 N–H and O–H groups in total. The van der Waals surface area contributed by atoms with E-state index in [4.69, 9.17) is 9.47 Å². The summed E-state index contributed by atoms with van der Waals surface area (Å²) in [5.41, 5.74) is 0.943. The largest absolute Gasteiger partial charge is 0.493 e. The predicted molar refractivity (Wildman–Crippen MR) is 92.6 cm³/mol. The van der Waals surface area contributed by atoms with E-state index in [-0.39, 0.29) is 25.2 Å². The molecule has 0 spiro atoms. The van der Waals surface area contributed by atoms with Gasteiger partial charge in [0.15, 0.2) is 11.5 Å². The number of hydrogen-bond donors (Lipinski definition) is 0. The van der Waals surface area contributed by atoms with Crippen molar-refractivity contribution in [3.8, 4) is 11.5 Å². The van der Waals surface area contributed by atoms with Crippen LogP contribution in [0, 0.1) is 0 Å². The van der Waals surface area contributed by atoms with Gasteiger partial charge in [0.25, 0.3) is 5.91 Å². The van der Waals surface area contributed by atoms with E-state index in [2.05, 4.69) is 13.4 Å². The van der Waals surface area contributed by atoms with Gasteiger partial charge in [0.05, 0.1) is 31.5 Å². The number of nitrogens with zero attached hydrogens (tertiary/aromatic N) is 2. The second-order valence-corrected chi connectivity index (χ2v) is 7.14. The van der Waals surface area contributed by atoms with E-state index in [1.54, 1.807) is 23.2 Å². The summed E-state index contributed by atoms with van der Waals surface area (Å²) in [6, 6.07) is 3.21. The van der Waals surface area contributed by atoms with E-state index in [0.717, 1.165) is 20.0 Å². The van der Waals surface area contributed by atoms with Crippen LogP contribution in [0.4, 0.5) is 5.69 Å². The molecule has 0 unspecified atom stereocenters. The monoisotopic (exact) mass is 384 g/mol. The van der Waals surface area contributed by atoms with Crippen molar-refractivity contribution >= 4 is 28.2 Å². The van der Waals surface area contributed by atoms with Crippen molar-refractivity contribution in [2.75, 3.05) is 34.0 Å². The zero-order chi connectivity index (χ0) is 18.7. The molecule has 0 saturated carbocycles. The predicted octanol–water partition coefficient (Wildman–Crippen LogP) is 1.30. The van der Waals surface area contributed by atoms with Crippen molar-refractivity contribution in [3.63, 3.8) is 0 Å². The maximum Gasteiger partial charge on any atom is 0.399 e. The van der Waals surface area contributed by atoms with Crippen LogP contribution in [0.3, 0.4) is 0 Å². The van der Waals surface area contributed by atoms with Crippen molar-refractivity contribution in [1.29, 1.82) is 0 Å². The second kappa shape index (κ2) is 7.60. The maximum atomic E-state index is 12.8. The third kappa shape index (κ3) is 3.81. The van der Waals surface area contributed by atoms with Gasteiger partial charge in [0.2, 0.25) is 0 Å². The van der Waals surface area contributed by atoms with Crippen molar-refractivity contribution in [1.82, 2.24) is 4.90 Å². The van der Waals surface area contributed by atoms with Crippen molar-refractivity contribution < 1.29 is 31.1 Å². The fourth-order valence-corrected chi connectivity index (χ4v) is 3.32. The fourth-order valence-electron chi connectivity index (χ4n) is 2.96. The summed E-state index contributed by atoms with van der Waals surface area (Å²) in [6.07, 6.45) is 3.64. The Morgan fingerprint density at radius 2 is 2.04 bits per heavy atom. The summed E-state index contributed by atoms with van der Waals surface area (Å²) in [7, 11) is -1.54. The molecule has 1 atom stereocenters. The number of amides is 1. The molecule has 26 heavy (non-hydrogen) atoms. The van der Waals surface area contributed by atoms with Gasteiger partial charge in [-0.15, -0.1) is 0 Å². The highest BCUT2D eigenvalue weighted by atomic mass is 32.3. The number of benzene rings is 1. The molecule has 0 bridgehead atoms. The van der Waals surface area contributed by atoms with Crippen LogP contribution < -0.4 is 9.47 Å². The van der Waals surface area contributed by atoms with Gasteiger partial charge < -0.3 is 14.4 Å². The maximum absolute atomic E-state index is 12.8. The molecule has 1 amide bonds.